The number of halogens is 1. The molecule has 0 saturated heterocycles. The Kier molecular flexibility index (Phi) is 6.01. The highest BCUT2D eigenvalue weighted by atomic mass is 35.5. The Labute approximate surface area is 224 Å². The van der Waals surface area contributed by atoms with E-state index in [1.807, 2.05) is 0 Å². The van der Waals surface area contributed by atoms with Gasteiger partial charge in [-0.05, 0) is 115 Å². The second-order valence-corrected chi connectivity index (χ2v) is 15.8. The van der Waals surface area contributed by atoms with Crippen LogP contribution in [0.1, 0.15) is 120 Å². The molecule has 5 aliphatic rings. The van der Waals surface area contributed by atoms with Crippen LogP contribution in [-0.2, 0) is 14.3 Å². The van der Waals surface area contributed by atoms with Gasteiger partial charge in [-0.15, -0.1) is 0 Å². The van der Waals surface area contributed by atoms with Gasteiger partial charge in [0.05, 0.1) is 0 Å². The van der Waals surface area contributed by atoms with Crippen LogP contribution in [0.5, 0.6) is 0 Å². The Morgan fingerprint density at radius 1 is 0.889 bits per heavy atom. The van der Waals surface area contributed by atoms with Crippen molar-refractivity contribution in [3.05, 3.63) is 11.6 Å². The zero-order valence-electron chi connectivity index (χ0n) is 24.1. The van der Waals surface area contributed by atoms with Crippen LogP contribution in [0, 0.1) is 50.2 Å². The molecule has 0 heterocycles. The minimum Gasteiger partial charge on any atom is -0.462 e. The highest BCUT2D eigenvalue weighted by Crippen LogP contribution is 2.75. The number of hydrogen-bond acceptors (Lipinski definition) is 3. The number of hydrogen-bond donors (Lipinski definition) is 0. The highest BCUT2D eigenvalue weighted by Gasteiger charge is 2.68. The fourth-order valence-corrected chi connectivity index (χ4v) is 11.1. The van der Waals surface area contributed by atoms with E-state index in [-0.39, 0.29) is 44.4 Å². The normalized spacial score (nSPS) is 51.5. The van der Waals surface area contributed by atoms with Crippen molar-refractivity contribution in [1.82, 2.24) is 0 Å². The monoisotopic (exact) mass is 516 g/mol. The maximum Gasteiger partial charge on any atom is 0.302 e. The summed E-state index contributed by atoms with van der Waals surface area (Å²) >= 11 is 6.20. The van der Waals surface area contributed by atoms with Gasteiger partial charge in [0.25, 0.3) is 0 Å². The maximum absolute atomic E-state index is 12.5. The van der Waals surface area contributed by atoms with Crippen LogP contribution < -0.4 is 0 Å². The predicted molar refractivity (Wildman–Crippen MR) is 145 cm³/mol. The van der Waals surface area contributed by atoms with Crippen molar-refractivity contribution >= 4 is 22.8 Å². The summed E-state index contributed by atoms with van der Waals surface area (Å²) in [5.74, 6) is 1.50. The van der Waals surface area contributed by atoms with Crippen LogP contribution in [0.2, 0.25) is 0 Å². The van der Waals surface area contributed by atoms with E-state index < -0.39 is 5.41 Å². The summed E-state index contributed by atoms with van der Waals surface area (Å²) in [5, 5.41) is -0.142. The van der Waals surface area contributed by atoms with Crippen molar-refractivity contribution in [2.45, 2.75) is 126 Å². The molecule has 4 heteroatoms. The lowest BCUT2D eigenvalue weighted by Crippen LogP contribution is -2.64. The molecule has 4 fully saturated rings. The summed E-state index contributed by atoms with van der Waals surface area (Å²) in [5.41, 5.74) is 2.19. The van der Waals surface area contributed by atoms with Crippen molar-refractivity contribution < 1.29 is 14.3 Å². The van der Waals surface area contributed by atoms with Crippen molar-refractivity contribution in [3.8, 4) is 0 Å². The van der Waals surface area contributed by atoms with E-state index >= 15 is 0 Å². The lowest BCUT2D eigenvalue weighted by atomic mass is 9.33. The number of fused-ring (bicyclic) bond motifs is 7. The number of esters is 1. The lowest BCUT2D eigenvalue weighted by molar-refractivity contribution is -0.211. The van der Waals surface area contributed by atoms with E-state index in [1.165, 1.54) is 25.7 Å². The smallest absolute Gasteiger partial charge is 0.302 e. The molecule has 5 rings (SSSR count). The SMILES string of the molecule is CC(=O)O[C@@H]1CC[C@]2(C)[C@H](CC[C@]3(C)[C@H]2CC=C2[C@@H]4C[C@](C)(C(=O)Cl)CC[C@]4(C)CC[C@]23C)C1(C)C. The molecule has 0 aromatic rings. The number of carbonyl (C=O) groups excluding carboxylic acids is 2. The zero-order chi connectivity index (χ0) is 26.5. The Hall–Kier alpha value is -0.830. The lowest BCUT2D eigenvalue weighted by Gasteiger charge is -2.71. The molecule has 5 aliphatic carbocycles. The van der Waals surface area contributed by atoms with Gasteiger partial charge in [-0.25, -0.2) is 0 Å². The summed E-state index contributed by atoms with van der Waals surface area (Å²) in [6.45, 7) is 18.6. The largest absolute Gasteiger partial charge is 0.462 e. The molecule has 0 radical (unpaired) electrons. The quantitative estimate of drug-likeness (QED) is 0.210. The first kappa shape index (κ1) is 26.8. The molecule has 0 unspecified atom stereocenters. The molecule has 0 aliphatic heterocycles. The molecule has 4 saturated carbocycles. The molecule has 0 aromatic carbocycles. The van der Waals surface area contributed by atoms with Crippen LogP contribution in [0.25, 0.3) is 0 Å². The second kappa shape index (κ2) is 8.09. The van der Waals surface area contributed by atoms with Gasteiger partial charge in [0.2, 0.25) is 5.24 Å². The van der Waals surface area contributed by atoms with Gasteiger partial charge in [0, 0.05) is 17.8 Å². The zero-order valence-corrected chi connectivity index (χ0v) is 24.8. The van der Waals surface area contributed by atoms with Crippen LogP contribution in [-0.4, -0.2) is 17.3 Å². The molecule has 36 heavy (non-hydrogen) atoms. The number of carbonyl (C=O) groups is 2. The number of ether oxygens (including phenoxy) is 1. The summed E-state index contributed by atoms with van der Waals surface area (Å²) < 4.78 is 5.89. The first-order valence-electron chi connectivity index (χ1n) is 14.6. The first-order chi connectivity index (χ1) is 16.5. The molecule has 202 valence electrons. The van der Waals surface area contributed by atoms with Gasteiger partial charge in [-0.3, -0.25) is 9.59 Å². The van der Waals surface area contributed by atoms with Gasteiger partial charge in [-0.1, -0.05) is 60.1 Å². The predicted octanol–water partition coefficient (Wildman–Crippen LogP) is 8.49. The minimum absolute atomic E-state index is 0.0120. The van der Waals surface area contributed by atoms with Crippen LogP contribution >= 0.6 is 11.6 Å². The van der Waals surface area contributed by atoms with E-state index in [0.29, 0.717) is 17.8 Å². The van der Waals surface area contributed by atoms with Crippen LogP contribution in [0.3, 0.4) is 0 Å². The standard InChI is InChI=1S/C32H49ClO3/c1-20(34)36-25-12-13-30(6)23(27(25,2)3)11-14-32(8)24(30)10-9-21-22-19-29(5,26(33)35)16-15-28(22,4)17-18-31(21,32)7/h9,22-25H,10-19H2,1-8H3/t22-,23+,24-,25+,28+,29+,30+,31+,32+/m0/s1. The van der Waals surface area contributed by atoms with E-state index in [1.54, 1.807) is 12.5 Å². The van der Waals surface area contributed by atoms with Crippen molar-refractivity contribution in [2.75, 3.05) is 0 Å². The van der Waals surface area contributed by atoms with Gasteiger partial charge in [0.15, 0.2) is 0 Å². The molecule has 0 N–H and O–H groups in total. The summed E-state index contributed by atoms with van der Waals surface area (Å²) in [4.78, 5) is 24.4. The first-order valence-corrected chi connectivity index (χ1v) is 15.0. The van der Waals surface area contributed by atoms with Gasteiger partial charge < -0.3 is 4.74 Å². The van der Waals surface area contributed by atoms with E-state index in [0.717, 1.165) is 38.5 Å². The van der Waals surface area contributed by atoms with Crippen molar-refractivity contribution in [1.29, 1.82) is 0 Å². The Morgan fingerprint density at radius 3 is 2.19 bits per heavy atom. The van der Waals surface area contributed by atoms with Gasteiger partial charge in [0.1, 0.15) is 6.10 Å². The summed E-state index contributed by atoms with van der Waals surface area (Å²) in [7, 11) is 0. The average molecular weight is 517 g/mol. The molecule has 0 bridgehead atoms. The minimum atomic E-state index is -0.397. The van der Waals surface area contributed by atoms with E-state index in [4.69, 9.17) is 16.3 Å². The Balaban J connectivity index is 1.53. The third kappa shape index (κ3) is 3.42. The molecular weight excluding hydrogens is 468 g/mol. The van der Waals surface area contributed by atoms with Crippen LogP contribution in [0.4, 0.5) is 0 Å². The molecule has 3 nitrogen and oxygen atoms in total. The summed E-state index contributed by atoms with van der Waals surface area (Å²) in [6.07, 6.45) is 13.8. The fourth-order valence-electron chi connectivity index (χ4n) is 10.9. The van der Waals surface area contributed by atoms with E-state index in [2.05, 4.69) is 54.5 Å². The average Bonchev–Trinajstić information content (AvgIpc) is 2.77. The number of rotatable bonds is 2. The third-order valence-corrected chi connectivity index (χ3v) is 14.0. The van der Waals surface area contributed by atoms with Crippen LogP contribution in [0.15, 0.2) is 11.6 Å². The molecule has 0 spiro atoms. The Morgan fingerprint density at radius 2 is 1.56 bits per heavy atom. The Bertz CT molecular complexity index is 999. The topological polar surface area (TPSA) is 43.4 Å². The van der Waals surface area contributed by atoms with Crippen molar-refractivity contribution in [3.63, 3.8) is 0 Å². The molecule has 0 amide bonds. The third-order valence-electron chi connectivity index (χ3n) is 13.6. The second-order valence-electron chi connectivity index (χ2n) is 15.5. The summed E-state index contributed by atoms with van der Waals surface area (Å²) in [6, 6.07) is 0. The molecule has 9 atom stereocenters. The fraction of sp³-hybridized carbons (Fsp3) is 0.875. The van der Waals surface area contributed by atoms with Gasteiger partial charge in [-0.2, -0.15) is 0 Å². The molecular formula is C32H49ClO3. The van der Waals surface area contributed by atoms with Gasteiger partial charge >= 0.3 is 5.97 Å². The number of allylic oxidation sites excluding steroid dienone is 2. The maximum atomic E-state index is 12.5. The van der Waals surface area contributed by atoms with Crippen molar-refractivity contribution in [2.24, 2.45) is 50.2 Å². The highest BCUT2D eigenvalue weighted by molar-refractivity contribution is 6.64. The molecule has 0 aromatic heterocycles. The van der Waals surface area contributed by atoms with E-state index in [9.17, 15) is 9.59 Å².